The third-order valence-corrected chi connectivity index (χ3v) is 8.03. The van der Waals surface area contributed by atoms with Crippen molar-refractivity contribution in [1.29, 1.82) is 0 Å². The second-order valence-corrected chi connectivity index (χ2v) is 9.89. The van der Waals surface area contributed by atoms with E-state index in [1.54, 1.807) is 5.56 Å². The number of halogens is 1. The Hall–Kier alpha value is -1.83. The molecule has 0 aromatic heterocycles. The average Bonchev–Trinajstić information content (AvgIpc) is 2.84. The highest BCUT2D eigenvalue weighted by atomic mass is 19.1. The molecule has 2 aliphatic carbocycles. The van der Waals surface area contributed by atoms with Crippen LogP contribution in [0.15, 0.2) is 48.5 Å². The Balaban J connectivity index is 1.24. The summed E-state index contributed by atoms with van der Waals surface area (Å²) in [6.45, 7) is 1.52. The van der Waals surface area contributed by atoms with Crippen LogP contribution in [0.3, 0.4) is 0 Å². The van der Waals surface area contributed by atoms with Crippen molar-refractivity contribution < 1.29 is 9.13 Å². The highest BCUT2D eigenvalue weighted by Crippen LogP contribution is 2.46. The van der Waals surface area contributed by atoms with E-state index in [-0.39, 0.29) is 0 Å². The first-order valence-corrected chi connectivity index (χ1v) is 12.6. The van der Waals surface area contributed by atoms with Gasteiger partial charge in [0.25, 0.3) is 0 Å². The van der Waals surface area contributed by atoms with Gasteiger partial charge in [-0.05, 0) is 117 Å². The van der Waals surface area contributed by atoms with E-state index in [4.69, 9.17) is 4.74 Å². The standard InChI is InChI=1S/C29H39FO/c1-2-3-5-22-8-10-23(11-9-22)24-12-14-25(15-13-24)26-16-18-27(19-17-26)28-6-4-7-29(20-28)31-21-30/h4,6-11,20,24-27H,2-3,5,12-19,21H2,1H3. The van der Waals surface area contributed by atoms with Crippen molar-refractivity contribution in [1.82, 2.24) is 0 Å². The second kappa shape index (κ2) is 11.2. The van der Waals surface area contributed by atoms with Crippen LogP contribution in [0.4, 0.5) is 4.39 Å². The van der Waals surface area contributed by atoms with Gasteiger partial charge in [-0.1, -0.05) is 49.7 Å². The van der Waals surface area contributed by atoms with Crippen molar-refractivity contribution in [3.05, 3.63) is 65.2 Å². The quantitative estimate of drug-likeness (QED) is 0.414. The molecule has 0 unspecified atom stereocenters. The van der Waals surface area contributed by atoms with Gasteiger partial charge in [0.1, 0.15) is 5.75 Å². The minimum atomic E-state index is -0.748. The number of unbranched alkanes of at least 4 members (excludes halogenated alkanes) is 1. The molecule has 0 amide bonds. The van der Waals surface area contributed by atoms with Crippen molar-refractivity contribution in [2.75, 3.05) is 6.86 Å². The molecule has 0 radical (unpaired) electrons. The third kappa shape index (κ3) is 5.90. The first-order valence-electron chi connectivity index (χ1n) is 12.6. The Labute approximate surface area is 188 Å². The van der Waals surface area contributed by atoms with E-state index in [1.807, 2.05) is 18.2 Å². The molecule has 0 saturated heterocycles. The number of alkyl halides is 1. The van der Waals surface area contributed by atoms with Crippen molar-refractivity contribution in [3.8, 4) is 5.75 Å². The average molecular weight is 423 g/mol. The summed E-state index contributed by atoms with van der Waals surface area (Å²) in [5.74, 6) is 3.87. The van der Waals surface area contributed by atoms with Gasteiger partial charge in [-0.25, -0.2) is 4.39 Å². The molecule has 0 spiro atoms. The minimum absolute atomic E-state index is 0.613. The number of hydrogen-bond acceptors (Lipinski definition) is 1. The van der Waals surface area contributed by atoms with Gasteiger partial charge in [-0.2, -0.15) is 0 Å². The third-order valence-electron chi connectivity index (χ3n) is 8.03. The molecule has 0 N–H and O–H groups in total. The summed E-state index contributed by atoms with van der Waals surface area (Å²) in [6.07, 6.45) is 14.5. The summed E-state index contributed by atoms with van der Waals surface area (Å²) in [5, 5.41) is 0. The Morgan fingerprint density at radius 2 is 1.39 bits per heavy atom. The summed E-state index contributed by atoms with van der Waals surface area (Å²) in [5.41, 5.74) is 4.39. The van der Waals surface area contributed by atoms with E-state index >= 15 is 0 Å². The van der Waals surface area contributed by atoms with Crippen LogP contribution in [0, 0.1) is 11.8 Å². The predicted molar refractivity (Wildman–Crippen MR) is 127 cm³/mol. The summed E-state index contributed by atoms with van der Waals surface area (Å²) >= 11 is 0. The van der Waals surface area contributed by atoms with E-state index in [0.717, 1.165) is 17.8 Å². The van der Waals surface area contributed by atoms with Crippen molar-refractivity contribution in [3.63, 3.8) is 0 Å². The fraction of sp³-hybridized carbons (Fsp3) is 0.586. The van der Waals surface area contributed by atoms with E-state index in [1.165, 1.54) is 81.8 Å². The van der Waals surface area contributed by atoms with Crippen LogP contribution in [0.1, 0.15) is 99.7 Å². The fourth-order valence-corrected chi connectivity index (χ4v) is 6.11. The molecule has 0 atom stereocenters. The van der Waals surface area contributed by atoms with Crippen molar-refractivity contribution >= 4 is 0 Å². The van der Waals surface area contributed by atoms with Gasteiger partial charge >= 0.3 is 0 Å². The van der Waals surface area contributed by atoms with Gasteiger partial charge in [0, 0.05) is 0 Å². The van der Waals surface area contributed by atoms with Gasteiger partial charge in [-0.15, -0.1) is 0 Å². The first-order chi connectivity index (χ1) is 15.3. The molecule has 2 saturated carbocycles. The smallest absolute Gasteiger partial charge is 0.228 e. The molecule has 2 aromatic carbocycles. The molecule has 0 bridgehead atoms. The Bertz CT molecular complexity index is 783. The minimum Gasteiger partial charge on any atom is -0.463 e. The van der Waals surface area contributed by atoms with Crippen LogP contribution < -0.4 is 4.74 Å². The zero-order chi connectivity index (χ0) is 21.5. The summed E-state index contributed by atoms with van der Waals surface area (Å²) in [4.78, 5) is 0. The highest BCUT2D eigenvalue weighted by Gasteiger charge is 2.31. The lowest BCUT2D eigenvalue weighted by atomic mass is 9.67. The summed E-state index contributed by atoms with van der Waals surface area (Å²) < 4.78 is 17.5. The van der Waals surface area contributed by atoms with E-state index in [9.17, 15) is 4.39 Å². The van der Waals surface area contributed by atoms with Crippen LogP contribution >= 0.6 is 0 Å². The van der Waals surface area contributed by atoms with Gasteiger partial charge in [0.15, 0.2) is 0 Å². The van der Waals surface area contributed by atoms with Crippen LogP contribution in [0.25, 0.3) is 0 Å². The lowest BCUT2D eigenvalue weighted by Gasteiger charge is -2.38. The van der Waals surface area contributed by atoms with Crippen LogP contribution in [0.2, 0.25) is 0 Å². The number of benzene rings is 2. The second-order valence-electron chi connectivity index (χ2n) is 9.89. The first kappa shape index (κ1) is 22.4. The van der Waals surface area contributed by atoms with Crippen LogP contribution in [0.5, 0.6) is 5.75 Å². The van der Waals surface area contributed by atoms with Gasteiger partial charge in [0.05, 0.1) is 0 Å². The van der Waals surface area contributed by atoms with E-state index in [2.05, 4.69) is 37.3 Å². The number of rotatable bonds is 8. The molecule has 2 aliphatic rings. The maximum Gasteiger partial charge on any atom is 0.228 e. The molecule has 1 nitrogen and oxygen atoms in total. The van der Waals surface area contributed by atoms with Gasteiger partial charge < -0.3 is 4.74 Å². The van der Waals surface area contributed by atoms with Gasteiger partial charge in [0.2, 0.25) is 6.86 Å². The van der Waals surface area contributed by atoms with Crippen LogP contribution in [-0.4, -0.2) is 6.86 Å². The molecule has 168 valence electrons. The molecule has 2 aromatic rings. The molecule has 2 heteroatoms. The number of ether oxygens (including phenoxy) is 1. The lowest BCUT2D eigenvalue weighted by Crippen LogP contribution is -2.25. The molecular weight excluding hydrogens is 383 g/mol. The van der Waals surface area contributed by atoms with Crippen molar-refractivity contribution in [2.24, 2.45) is 11.8 Å². The maximum atomic E-state index is 12.5. The zero-order valence-electron chi connectivity index (χ0n) is 19.2. The Kier molecular flexibility index (Phi) is 8.05. The Morgan fingerprint density at radius 3 is 1.97 bits per heavy atom. The largest absolute Gasteiger partial charge is 0.463 e. The normalized spacial score (nSPS) is 26.5. The Morgan fingerprint density at radius 1 is 0.774 bits per heavy atom. The monoisotopic (exact) mass is 422 g/mol. The van der Waals surface area contributed by atoms with Crippen LogP contribution in [-0.2, 0) is 6.42 Å². The number of hydrogen-bond donors (Lipinski definition) is 0. The molecule has 31 heavy (non-hydrogen) atoms. The van der Waals surface area contributed by atoms with Gasteiger partial charge in [-0.3, -0.25) is 0 Å². The molecule has 2 fully saturated rings. The zero-order valence-corrected chi connectivity index (χ0v) is 19.2. The highest BCUT2D eigenvalue weighted by molar-refractivity contribution is 5.31. The SMILES string of the molecule is CCCCc1ccc(C2CCC(C3CCC(c4cccc(OCF)c4)CC3)CC2)cc1. The molecule has 0 aliphatic heterocycles. The summed E-state index contributed by atoms with van der Waals surface area (Å²) in [6, 6.07) is 17.6. The molecule has 4 rings (SSSR count). The van der Waals surface area contributed by atoms with E-state index < -0.39 is 6.86 Å². The maximum absolute atomic E-state index is 12.5. The number of aryl methyl sites for hydroxylation is 1. The van der Waals surface area contributed by atoms with E-state index in [0.29, 0.717) is 11.7 Å². The molecule has 0 heterocycles. The summed E-state index contributed by atoms with van der Waals surface area (Å²) in [7, 11) is 0. The lowest BCUT2D eigenvalue weighted by molar-refractivity contribution is 0.176. The molecular formula is C29H39FO. The fourth-order valence-electron chi connectivity index (χ4n) is 6.11. The van der Waals surface area contributed by atoms with Crippen molar-refractivity contribution in [2.45, 2.75) is 89.4 Å². The topological polar surface area (TPSA) is 9.23 Å². The predicted octanol–water partition coefficient (Wildman–Crippen LogP) is 8.58.